The van der Waals surface area contributed by atoms with E-state index >= 15 is 0 Å². The lowest BCUT2D eigenvalue weighted by atomic mass is 9.85. The number of nitrogens with zero attached hydrogens (tertiary/aromatic N) is 1. The van der Waals surface area contributed by atoms with Crippen LogP contribution in [0.1, 0.15) is 27.8 Å². The van der Waals surface area contributed by atoms with Crippen LogP contribution in [0.2, 0.25) is 0 Å². The van der Waals surface area contributed by atoms with Crippen LogP contribution in [-0.2, 0) is 9.59 Å². The molecule has 4 heteroatoms. The fourth-order valence-electron chi connectivity index (χ4n) is 6.01. The molecule has 3 nitrogen and oxygen atoms in total. The second-order valence-electron chi connectivity index (χ2n) is 10.00. The van der Waals surface area contributed by atoms with Gasteiger partial charge in [-0.05, 0) is 60.7 Å². The van der Waals surface area contributed by atoms with Crippen LogP contribution in [0.5, 0.6) is 0 Å². The highest BCUT2D eigenvalue weighted by atomic mass is 79.9. The maximum atomic E-state index is 13.7. The molecule has 3 aromatic rings. The highest BCUT2D eigenvalue weighted by Crippen LogP contribution is 2.59. The molecule has 2 amide bonds. The zero-order valence-electron chi connectivity index (χ0n) is 20.0. The van der Waals surface area contributed by atoms with Crippen molar-refractivity contribution < 1.29 is 9.59 Å². The topological polar surface area (TPSA) is 37.4 Å². The molecule has 4 atom stereocenters. The molecule has 3 aromatic carbocycles. The van der Waals surface area contributed by atoms with E-state index in [0.717, 1.165) is 26.7 Å². The smallest absolute Gasteiger partial charge is 0.238 e. The third kappa shape index (κ3) is 3.38. The van der Waals surface area contributed by atoms with Crippen molar-refractivity contribution >= 4 is 39.0 Å². The quantitative estimate of drug-likeness (QED) is 0.279. The van der Waals surface area contributed by atoms with Gasteiger partial charge >= 0.3 is 0 Å². The molecule has 0 unspecified atom stereocenters. The molecule has 1 heterocycles. The Morgan fingerprint density at radius 1 is 0.714 bits per heavy atom. The molecular formula is C31H26BrNO2. The monoisotopic (exact) mass is 523 g/mol. The van der Waals surface area contributed by atoms with Gasteiger partial charge in [0.25, 0.3) is 0 Å². The van der Waals surface area contributed by atoms with Gasteiger partial charge in [-0.25, -0.2) is 4.90 Å². The molecule has 2 fully saturated rings. The molecule has 2 aliphatic carbocycles. The molecule has 174 valence electrons. The van der Waals surface area contributed by atoms with Crippen LogP contribution >= 0.6 is 15.9 Å². The van der Waals surface area contributed by atoms with Gasteiger partial charge in [0.05, 0.1) is 17.5 Å². The number of carbonyl (C=O) groups is 2. The third-order valence-electron chi connectivity index (χ3n) is 7.80. The number of anilines is 1. The lowest BCUT2D eigenvalue weighted by Crippen LogP contribution is -2.33. The van der Waals surface area contributed by atoms with Crippen LogP contribution < -0.4 is 4.90 Å². The van der Waals surface area contributed by atoms with Gasteiger partial charge in [-0.15, -0.1) is 0 Å². The lowest BCUT2D eigenvalue weighted by Gasteiger charge is -2.22. The van der Waals surface area contributed by atoms with Gasteiger partial charge in [0, 0.05) is 16.3 Å². The Kier molecular flexibility index (Phi) is 5.19. The molecule has 1 saturated carbocycles. The van der Waals surface area contributed by atoms with Gasteiger partial charge in [-0.3, -0.25) is 9.59 Å². The maximum Gasteiger partial charge on any atom is 0.238 e. The summed E-state index contributed by atoms with van der Waals surface area (Å²) in [6.07, 6.45) is 4.31. The summed E-state index contributed by atoms with van der Waals surface area (Å²) in [5, 5.41) is 0. The first kappa shape index (κ1) is 22.2. The first-order valence-corrected chi connectivity index (χ1v) is 12.8. The molecule has 0 radical (unpaired) electrons. The van der Waals surface area contributed by atoms with Crippen molar-refractivity contribution in [3.05, 3.63) is 117 Å². The predicted octanol–water partition coefficient (Wildman–Crippen LogP) is 6.80. The summed E-state index contributed by atoms with van der Waals surface area (Å²) >= 11 is 3.55. The molecule has 3 aliphatic rings. The third-order valence-corrected chi connectivity index (χ3v) is 8.65. The molecular weight excluding hydrogens is 498 g/mol. The van der Waals surface area contributed by atoms with Crippen molar-refractivity contribution in [1.29, 1.82) is 0 Å². The Bertz CT molecular complexity index is 1350. The van der Waals surface area contributed by atoms with Crippen molar-refractivity contribution in [2.45, 2.75) is 20.8 Å². The van der Waals surface area contributed by atoms with Gasteiger partial charge in [0.2, 0.25) is 11.8 Å². The first-order valence-electron chi connectivity index (χ1n) is 12.1. The summed E-state index contributed by atoms with van der Waals surface area (Å²) in [4.78, 5) is 28.9. The van der Waals surface area contributed by atoms with Crippen molar-refractivity contribution in [2.24, 2.45) is 23.7 Å². The largest absolute Gasteiger partial charge is 0.274 e. The lowest BCUT2D eigenvalue weighted by molar-refractivity contribution is -0.122. The summed E-state index contributed by atoms with van der Waals surface area (Å²) in [5.41, 5.74) is 8.76. The molecule has 6 rings (SSSR count). The summed E-state index contributed by atoms with van der Waals surface area (Å²) in [7, 11) is 0. The van der Waals surface area contributed by atoms with Gasteiger partial charge in [-0.1, -0.05) is 93.8 Å². The second kappa shape index (κ2) is 8.17. The Balaban J connectivity index is 1.48. The van der Waals surface area contributed by atoms with Gasteiger partial charge in [0.15, 0.2) is 0 Å². The van der Waals surface area contributed by atoms with E-state index in [1.54, 1.807) is 0 Å². The van der Waals surface area contributed by atoms with Crippen LogP contribution in [-0.4, -0.2) is 11.8 Å². The first-order chi connectivity index (χ1) is 16.8. The summed E-state index contributed by atoms with van der Waals surface area (Å²) in [6, 6.07) is 22.8. The number of amides is 2. The molecule has 2 bridgehead atoms. The van der Waals surface area contributed by atoms with Crippen LogP contribution in [0.3, 0.4) is 0 Å². The number of hydrogen-bond acceptors (Lipinski definition) is 2. The zero-order valence-corrected chi connectivity index (χ0v) is 21.5. The van der Waals surface area contributed by atoms with Crippen molar-refractivity contribution in [2.75, 3.05) is 4.90 Å². The molecule has 0 spiro atoms. The summed E-state index contributed by atoms with van der Waals surface area (Å²) in [6.45, 7) is 6.17. The Morgan fingerprint density at radius 2 is 1.20 bits per heavy atom. The summed E-state index contributed by atoms with van der Waals surface area (Å²) < 4.78 is 0.898. The molecule has 0 N–H and O–H groups in total. The molecule has 1 saturated heterocycles. The fourth-order valence-corrected chi connectivity index (χ4v) is 6.38. The number of carbonyl (C=O) groups excluding carboxylic acids is 2. The minimum Gasteiger partial charge on any atom is -0.274 e. The van der Waals surface area contributed by atoms with E-state index in [-0.39, 0.29) is 35.5 Å². The van der Waals surface area contributed by atoms with Gasteiger partial charge in [-0.2, -0.15) is 0 Å². The van der Waals surface area contributed by atoms with Crippen molar-refractivity contribution in [3.8, 4) is 0 Å². The van der Waals surface area contributed by atoms with E-state index in [4.69, 9.17) is 0 Å². The van der Waals surface area contributed by atoms with Crippen LogP contribution in [0.4, 0.5) is 5.69 Å². The predicted molar refractivity (Wildman–Crippen MR) is 143 cm³/mol. The maximum absolute atomic E-state index is 13.7. The van der Waals surface area contributed by atoms with Crippen LogP contribution in [0.15, 0.2) is 88.9 Å². The average molecular weight is 524 g/mol. The molecule has 0 aromatic heterocycles. The minimum atomic E-state index is -0.349. The van der Waals surface area contributed by atoms with E-state index < -0.39 is 0 Å². The highest BCUT2D eigenvalue weighted by molar-refractivity contribution is 9.10. The number of rotatable bonds is 3. The number of halogens is 1. The SMILES string of the molecule is Cc1ccc(C(=C2[C@H]3C=C[C@H]2[C@H]2C(=O)N(c4ccc(C)c(Br)c4)C(=O)[C@H]23)c2ccc(C)cc2)cc1. The zero-order chi connectivity index (χ0) is 24.4. The Labute approximate surface area is 214 Å². The van der Waals surface area contributed by atoms with E-state index in [1.807, 2.05) is 25.1 Å². The van der Waals surface area contributed by atoms with E-state index in [1.165, 1.54) is 21.6 Å². The number of fused-ring (bicyclic) bond motifs is 5. The Hall–Kier alpha value is -3.24. The number of allylic oxidation sites excluding steroid dienone is 3. The number of hydrogen-bond donors (Lipinski definition) is 0. The number of aryl methyl sites for hydroxylation is 3. The van der Waals surface area contributed by atoms with E-state index in [2.05, 4.69) is 90.5 Å². The fraction of sp³-hybridized carbons (Fsp3) is 0.226. The highest BCUT2D eigenvalue weighted by Gasteiger charge is 2.62. The van der Waals surface area contributed by atoms with Gasteiger partial charge < -0.3 is 0 Å². The van der Waals surface area contributed by atoms with Crippen LogP contribution in [0.25, 0.3) is 5.57 Å². The van der Waals surface area contributed by atoms with Gasteiger partial charge in [0.1, 0.15) is 0 Å². The Morgan fingerprint density at radius 3 is 1.66 bits per heavy atom. The van der Waals surface area contributed by atoms with Crippen molar-refractivity contribution in [3.63, 3.8) is 0 Å². The normalized spacial score (nSPS) is 24.5. The average Bonchev–Trinajstić information content (AvgIpc) is 3.48. The number of imide groups is 1. The molecule has 35 heavy (non-hydrogen) atoms. The van der Waals surface area contributed by atoms with E-state index in [0.29, 0.717) is 5.69 Å². The van der Waals surface area contributed by atoms with Crippen molar-refractivity contribution in [1.82, 2.24) is 0 Å². The van der Waals surface area contributed by atoms with Crippen LogP contribution in [0, 0.1) is 44.4 Å². The standard InChI is InChI=1S/C31H26BrNO2/c1-17-4-9-20(10-5-17)26(21-11-6-18(2)7-12-21)27-23-14-15-24(27)29-28(23)30(34)33(31(29)35)22-13-8-19(3)25(32)16-22/h4-16,23-24,28-29H,1-3H3/t23-,24-,28-,29+/m1/s1. The molecule has 1 aliphatic heterocycles. The second-order valence-corrected chi connectivity index (χ2v) is 10.9. The number of benzene rings is 3. The van der Waals surface area contributed by atoms with E-state index in [9.17, 15) is 9.59 Å². The summed E-state index contributed by atoms with van der Waals surface area (Å²) in [5.74, 6) is -1.01. The minimum absolute atomic E-state index is 0.0713.